The molecule has 0 aliphatic heterocycles. The van der Waals surface area contributed by atoms with Crippen LogP contribution in [0.5, 0.6) is 0 Å². The lowest BCUT2D eigenvalue weighted by Crippen LogP contribution is -2.45. The highest BCUT2D eigenvalue weighted by Gasteiger charge is 2.24. The Morgan fingerprint density at radius 2 is 1.94 bits per heavy atom. The average Bonchev–Trinajstić information content (AvgIpc) is 2.30. The summed E-state index contributed by atoms with van der Waals surface area (Å²) in [4.78, 5) is 23.0. The van der Waals surface area contributed by atoms with Gasteiger partial charge < -0.3 is 14.8 Å². The summed E-state index contributed by atoms with van der Waals surface area (Å²) in [6.45, 7) is 4.34. The Labute approximate surface area is 107 Å². The van der Waals surface area contributed by atoms with Crippen molar-refractivity contribution in [3.8, 4) is 0 Å². The van der Waals surface area contributed by atoms with E-state index in [1.165, 1.54) is 18.9 Å². The van der Waals surface area contributed by atoms with E-state index in [-0.39, 0.29) is 11.8 Å². The zero-order chi connectivity index (χ0) is 13.3. The number of carbonyl (C=O) groups is 2. The first-order chi connectivity index (χ1) is 8.02. The Morgan fingerprint density at radius 3 is 2.41 bits per heavy atom. The fourth-order valence-corrected chi connectivity index (χ4v) is 1.84. The van der Waals surface area contributed by atoms with E-state index >= 15 is 0 Å². The fraction of sp³-hybridized carbons (Fsp3) is 0.818. The number of esters is 1. The van der Waals surface area contributed by atoms with Gasteiger partial charge in [0, 0.05) is 12.9 Å². The van der Waals surface area contributed by atoms with Crippen molar-refractivity contribution in [2.75, 3.05) is 32.3 Å². The van der Waals surface area contributed by atoms with Crippen LogP contribution in [0.25, 0.3) is 0 Å². The molecule has 0 aliphatic carbocycles. The zero-order valence-corrected chi connectivity index (χ0v) is 11.6. The lowest BCUT2D eigenvalue weighted by atomic mass is 10.1. The minimum Gasteiger partial charge on any atom is -0.467 e. The van der Waals surface area contributed by atoms with Gasteiger partial charge in [-0.2, -0.15) is 0 Å². The maximum Gasteiger partial charge on any atom is 0.328 e. The highest BCUT2D eigenvalue weighted by atomic mass is 32.2. The minimum absolute atomic E-state index is 0.00961. The van der Waals surface area contributed by atoms with Gasteiger partial charge in [-0.15, -0.1) is 11.8 Å². The predicted octanol–water partition coefficient (Wildman–Crippen LogP) is 0.680. The Kier molecular flexibility index (Phi) is 8.89. The highest BCUT2D eigenvalue weighted by molar-refractivity contribution is 7.99. The number of amides is 1. The van der Waals surface area contributed by atoms with Crippen LogP contribution in [0.4, 0.5) is 0 Å². The number of rotatable bonds is 8. The molecule has 0 saturated carbocycles. The first kappa shape index (κ1) is 16.2. The van der Waals surface area contributed by atoms with Crippen molar-refractivity contribution in [3.05, 3.63) is 0 Å². The molecule has 0 aromatic rings. The predicted molar refractivity (Wildman–Crippen MR) is 68.0 cm³/mol. The van der Waals surface area contributed by atoms with E-state index in [4.69, 9.17) is 4.74 Å². The molecule has 1 N–H and O–H groups in total. The maximum absolute atomic E-state index is 11.6. The van der Waals surface area contributed by atoms with Crippen LogP contribution in [-0.4, -0.2) is 50.3 Å². The molecule has 0 radical (unpaired) electrons. The minimum atomic E-state index is -0.574. The molecule has 5 nitrogen and oxygen atoms in total. The summed E-state index contributed by atoms with van der Waals surface area (Å²) in [5.41, 5.74) is 0. The molecule has 0 rings (SSSR count). The SMILES string of the molecule is COCCSCC(=O)NC(C(=O)OC)C(C)C. The van der Waals surface area contributed by atoms with Gasteiger partial charge in [-0.25, -0.2) is 4.79 Å². The lowest BCUT2D eigenvalue weighted by molar-refractivity contribution is -0.146. The third-order valence-electron chi connectivity index (χ3n) is 2.10. The number of thioether (sulfide) groups is 1. The van der Waals surface area contributed by atoms with Crippen molar-refractivity contribution < 1.29 is 19.1 Å². The summed E-state index contributed by atoms with van der Waals surface area (Å²) in [6.07, 6.45) is 0. The van der Waals surface area contributed by atoms with E-state index in [2.05, 4.69) is 10.1 Å². The largest absolute Gasteiger partial charge is 0.467 e. The molecule has 1 atom stereocenters. The second-order valence-electron chi connectivity index (χ2n) is 3.86. The number of ether oxygens (including phenoxy) is 2. The summed E-state index contributed by atoms with van der Waals surface area (Å²) in [5.74, 6) is 0.527. The van der Waals surface area contributed by atoms with Crippen LogP contribution < -0.4 is 5.32 Å². The quantitative estimate of drug-likeness (QED) is 0.515. The van der Waals surface area contributed by atoms with E-state index in [0.29, 0.717) is 12.4 Å². The molecule has 0 aromatic heterocycles. The molecule has 0 heterocycles. The molecular formula is C11H21NO4S. The average molecular weight is 263 g/mol. The first-order valence-electron chi connectivity index (χ1n) is 5.46. The molecule has 0 aliphatic rings. The molecular weight excluding hydrogens is 242 g/mol. The zero-order valence-electron chi connectivity index (χ0n) is 10.8. The summed E-state index contributed by atoms with van der Waals surface area (Å²) >= 11 is 1.47. The van der Waals surface area contributed by atoms with Gasteiger partial charge in [-0.3, -0.25) is 4.79 Å². The lowest BCUT2D eigenvalue weighted by Gasteiger charge is -2.19. The normalized spacial score (nSPS) is 12.3. The van der Waals surface area contributed by atoms with E-state index in [0.717, 1.165) is 5.75 Å². The Hall–Kier alpha value is -0.750. The standard InChI is InChI=1S/C11H21NO4S/c1-8(2)10(11(14)16-4)12-9(13)7-17-6-5-15-3/h8,10H,5-7H2,1-4H3,(H,12,13). The van der Waals surface area contributed by atoms with Crippen LogP contribution in [0.2, 0.25) is 0 Å². The number of carbonyl (C=O) groups excluding carboxylic acids is 2. The van der Waals surface area contributed by atoms with Crippen LogP contribution in [0, 0.1) is 5.92 Å². The van der Waals surface area contributed by atoms with Gasteiger partial charge in [-0.1, -0.05) is 13.8 Å². The summed E-state index contributed by atoms with van der Waals surface area (Å²) in [6, 6.07) is -0.574. The van der Waals surface area contributed by atoms with Crippen molar-refractivity contribution in [1.82, 2.24) is 5.32 Å². The number of methoxy groups -OCH3 is 2. The van der Waals surface area contributed by atoms with Crippen LogP contribution >= 0.6 is 11.8 Å². The van der Waals surface area contributed by atoms with Gasteiger partial charge in [-0.05, 0) is 5.92 Å². The van der Waals surface area contributed by atoms with Crippen molar-refractivity contribution in [2.45, 2.75) is 19.9 Å². The number of hydrogen-bond acceptors (Lipinski definition) is 5. The molecule has 0 bridgehead atoms. The molecule has 0 saturated heterocycles. The second-order valence-corrected chi connectivity index (χ2v) is 4.96. The van der Waals surface area contributed by atoms with Crippen molar-refractivity contribution in [2.24, 2.45) is 5.92 Å². The van der Waals surface area contributed by atoms with E-state index in [1.807, 2.05) is 13.8 Å². The molecule has 100 valence electrons. The van der Waals surface area contributed by atoms with Crippen molar-refractivity contribution in [1.29, 1.82) is 0 Å². The Bertz CT molecular complexity index is 246. The summed E-state index contributed by atoms with van der Waals surface area (Å²) < 4.78 is 9.51. The second kappa shape index (κ2) is 9.30. The first-order valence-corrected chi connectivity index (χ1v) is 6.62. The molecule has 0 aromatic carbocycles. The number of hydrogen-bond donors (Lipinski definition) is 1. The fourth-order valence-electron chi connectivity index (χ4n) is 1.15. The van der Waals surface area contributed by atoms with E-state index < -0.39 is 12.0 Å². The Balaban J connectivity index is 4.00. The molecule has 1 unspecified atom stereocenters. The van der Waals surface area contributed by atoms with Crippen LogP contribution in [-0.2, 0) is 19.1 Å². The molecule has 0 spiro atoms. The van der Waals surface area contributed by atoms with Gasteiger partial charge in [0.2, 0.25) is 5.91 Å². The third-order valence-corrected chi connectivity index (χ3v) is 3.02. The van der Waals surface area contributed by atoms with Crippen LogP contribution in [0.15, 0.2) is 0 Å². The van der Waals surface area contributed by atoms with Gasteiger partial charge in [0.25, 0.3) is 0 Å². The van der Waals surface area contributed by atoms with Gasteiger partial charge in [0.05, 0.1) is 19.5 Å². The number of nitrogens with one attached hydrogen (secondary N) is 1. The summed E-state index contributed by atoms with van der Waals surface area (Å²) in [5, 5.41) is 2.67. The Morgan fingerprint density at radius 1 is 1.29 bits per heavy atom. The highest BCUT2D eigenvalue weighted by Crippen LogP contribution is 2.05. The monoisotopic (exact) mass is 263 g/mol. The van der Waals surface area contributed by atoms with Gasteiger partial charge >= 0.3 is 5.97 Å². The topological polar surface area (TPSA) is 64.6 Å². The van der Waals surface area contributed by atoms with Crippen LogP contribution in [0.1, 0.15) is 13.8 Å². The van der Waals surface area contributed by atoms with Crippen molar-refractivity contribution in [3.63, 3.8) is 0 Å². The smallest absolute Gasteiger partial charge is 0.328 e. The summed E-state index contributed by atoms with van der Waals surface area (Å²) in [7, 11) is 2.93. The molecule has 17 heavy (non-hydrogen) atoms. The third kappa shape index (κ3) is 7.23. The molecule has 6 heteroatoms. The van der Waals surface area contributed by atoms with E-state index in [1.54, 1.807) is 7.11 Å². The maximum atomic E-state index is 11.6. The molecule has 1 amide bonds. The van der Waals surface area contributed by atoms with Gasteiger partial charge in [0.1, 0.15) is 6.04 Å². The van der Waals surface area contributed by atoms with Crippen molar-refractivity contribution >= 4 is 23.6 Å². The molecule has 0 fully saturated rings. The van der Waals surface area contributed by atoms with Crippen LogP contribution in [0.3, 0.4) is 0 Å². The van der Waals surface area contributed by atoms with Gasteiger partial charge in [0.15, 0.2) is 0 Å². The van der Waals surface area contributed by atoms with E-state index in [9.17, 15) is 9.59 Å².